The van der Waals surface area contributed by atoms with E-state index in [9.17, 15) is 9.59 Å². The third-order valence-corrected chi connectivity index (χ3v) is 6.10. The van der Waals surface area contributed by atoms with Crippen molar-refractivity contribution >= 4 is 39.3 Å². The summed E-state index contributed by atoms with van der Waals surface area (Å²) in [7, 11) is 1.60. The molecule has 0 fully saturated rings. The molecule has 0 spiro atoms. The molecule has 0 bridgehead atoms. The van der Waals surface area contributed by atoms with Crippen LogP contribution in [0, 0.1) is 6.92 Å². The topological polar surface area (TPSA) is 72.8 Å². The SMILES string of the molecule is COc1ccc2c(Oc3ccc(/C=C/C(=O)O)cc3)c(C(=O)c3ccccc3C)sc2c1. The van der Waals surface area contributed by atoms with Crippen LogP contribution >= 0.6 is 11.3 Å². The molecule has 0 amide bonds. The largest absolute Gasteiger partial charge is 0.497 e. The molecule has 0 aliphatic rings. The standard InChI is InChI=1S/C26H20O5S/c1-16-5-3-4-6-20(16)24(29)26-25(21-13-12-19(30-2)15-22(21)32-26)31-18-10-7-17(8-11-18)9-14-23(27)28/h3-15H,1-2H3,(H,27,28)/b14-9+. The van der Waals surface area contributed by atoms with Crippen molar-refractivity contribution in [2.75, 3.05) is 7.11 Å². The second-order valence-electron chi connectivity index (χ2n) is 7.11. The summed E-state index contributed by atoms with van der Waals surface area (Å²) in [6.45, 7) is 1.91. The molecule has 1 N–H and O–H groups in total. The fourth-order valence-electron chi connectivity index (χ4n) is 3.31. The van der Waals surface area contributed by atoms with Gasteiger partial charge in [0.2, 0.25) is 5.78 Å². The molecular formula is C26H20O5S. The molecule has 0 aliphatic heterocycles. The van der Waals surface area contributed by atoms with Crippen LogP contribution in [0.15, 0.2) is 72.8 Å². The van der Waals surface area contributed by atoms with Gasteiger partial charge in [0.05, 0.1) is 7.11 Å². The van der Waals surface area contributed by atoms with Gasteiger partial charge in [-0.15, -0.1) is 11.3 Å². The highest BCUT2D eigenvalue weighted by atomic mass is 32.1. The molecule has 4 aromatic rings. The van der Waals surface area contributed by atoms with Gasteiger partial charge in [0.25, 0.3) is 0 Å². The number of fused-ring (bicyclic) bond motifs is 1. The second kappa shape index (κ2) is 9.08. The number of ether oxygens (including phenoxy) is 2. The number of aryl methyl sites for hydroxylation is 1. The molecule has 0 radical (unpaired) electrons. The number of rotatable bonds is 7. The number of hydrogen-bond acceptors (Lipinski definition) is 5. The predicted octanol–water partition coefficient (Wildman–Crippen LogP) is 6.34. The molecule has 1 aromatic heterocycles. The third kappa shape index (κ3) is 4.40. The molecule has 160 valence electrons. The van der Waals surface area contributed by atoms with Crippen molar-refractivity contribution in [3.63, 3.8) is 0 Å². The number of carbonyl (C=O) groups excluding carboxylic acids is 1. The Hall–Kier alpha value is -3.90. The zero-order valence-corrected chi connectivity index (χ0v) is 18.3. The van der Waals surface area contributed by atoms with Crippen molar-refractivity contribution in [1.82, 2.24) is 0 Å². The van der Waals surface area contributed by atoms with Crippen molar-refractivity contribution in [3.8, 4) is 17.2 Å². The van der Waals surface area contributed by atoms with Crippen molar-refractivity contribution in [1.29, 1.82) is 0 Å². The second-order valence-corrected chi connectivity index (χ2v) is 8.16. The summed E-state index contributed by atoms with van der Waals surface area (Å²) in [6.07, 6.45) is 2.58. The number of aliphatic carboxylic acids is 1. The van der Waals surface area contributed by atoms with Crippen LogP contribution in [0.3, 0.4) is 0 Å². The zero-order valence-electron chi connectivity index (χ0n) is 17.5. The lowest BCUT2D eigenvalue weighted by molar-refractivity contribution is -0.131. The highest BCUT2D eigenvalue weighted by molar-refractivity contribution is 7.21. The van der Waals surface area contributed by atoms with E-state index in [1.807, 2.05) is 49.4 Å². The van der Waals surface area contributed by atoms with E-state index < -0.39 is 5.97 Å². The van der Waals surface area contributed by atoms with Crippen LogP contribution in [0.5, 0.6) is 17.2 Å². The van der Waals surface area contributed by atoms with E-state index >= 15 is 0 Å². The normalized spacial score (nSPS) is 11.1. The molecule has 0 unspecified atom stereocenters. The minimum absolute atomic E-state index is 0.0979. The first-order valence-corrected chi connectivity index (χ1v) is 10.7. The summed E-state index contributed by atoms with van der Waals surface area (Å²) in [5.41, 5.74) is 2.26. The number of hydrogen-bond donors (Lipinski definition) is 1. The van der Waals surface area contributed by atoms with E-state index in [1.165, 1.54) is 17.4 Å². The minimum atomic E-state index is -1.01. The Morgan fingerprint density at radius 2 is 1.69 bits per heavy atom. The van der Waals surface area contributed by atoms with E-state index in [0.29, 0.717) is 27.7 Å². The smallest absolute Gasteiger partial charge is 0.328 e. The van der Waals surface area contributed by atoms with Crippen molar-refractivity contribution in [2.45, 2.75) is 6.92 Å². The molecule has 6 heteroatoms. The van der Waals surface area contributed by atoms with E-state index in [1.54, 1.807) is 31.4 Å². The van der Waals surface area contributed by atoms with Gasteiger partial charge in [-0.2, -0.15) is 0 Å². The molecular weight excluding hydrogens is 424 g/mol. The summed E-state index contributed by atoms with van der Waals surface area (Å²) >= 11 is 1.37. The third-order valence-electron chi connectivity index (χ3n) is 4.97. The number of carboxylic acid groups (broad SMARTS) is 1. The maximum Gasteiger partial charge on any atom is 0.328 e. The Kier molecular flexibility index (Phi) is 6.05. The Labute approximate surface area is 189 Å². The molecule has 0 aliphatic carbocycles. The van der Waals surface area contributed by atoms with Gasteiger partial charge in [0.1, 0.15) is 16.4 Å². The van der Waals surface area contributed by atoms with Crippen molar-refractivity contribution < 1.29 is 24.2 Å². The predicted molar refractivity (Wildman–Crippen MR) is 126 cm³/mol. The molecule has 0 atom stereocenters. The highest BCUT2D eigenvalue weighted by Crippen LogP contribution is 2.43. The van der Waals surface area contributed by atoms with Crippen LogP contribution in [0.2, 0.25) is 0 Å². The van der Waals surface area contributed by atoms with Gasteiger partial charge < -0.3 is 14.6 Å². The Morgan fingerprint density at radius 1 is 0.969 bits per heavy atom. The maximum absolute atomic E-state index is 13.4. The van der Waals surface area contributed by atoms with Crippen LogP contribution < -0.4 is 9.47 Å². The summed E-state index contributed by atoms with van der Waals surface area (Å²) < 4.78 is 12.4. The Balaban J connectivity index is 1.77. The number of ketones is 1. The summed E-state index contributed by atoms with van der Waals surface area (Å²) in [5, 5.41) is 9.61. The van der Waals surface area contributed by atoms with E-state index in [0.717, 1.165) is 27.3 Å². The lowest BCUT2D eigenvalue weighted by Crippen LogP contribution is -2.03. The molecule has 5 nitrogen and oxygen atoms in total. The van der Waals surface area contributed by atoms with Gasteiger partial charge in [-0.05, 0) is 54.5 Å². The van der Waals surface area contributed by atoms with E-state index in [2.05, 4.69) is 0 Å². The van der Waals surface area contributed by atoms with Gasteiger partial charge in [-0.3, -0.25) is 4.79 Å². The fourth-order valence-corrected chi connectivity index (χ4v) is 4.43. The lowest BCUT2D eigenvalue weighted by atomic mass is 10.0. The number of carbonyl (C=O) groups is 2. The fraction of sp³-hybridized carbons (Fsp3) is 0.0769. The van der Waals surface area contributed by atoms with Crippen LogP contribution in [0.25, 0.3) is 16.2 Å². The minimum Gasteiger partial charge on any atom is -0.497 e. The summed E-state index contributed by atoms with van der Waals surface area (Å²) in [4.78, 5) is 24.7. The first-order chi connectivity index (χ1) is 15.5. The van der Waals surface area contributed by atoms with Crippen LogP contribution in [-0.4, -0.2) is 24.0 Å². The summed E-state index contributed by atoms with van der Waals surface area (Å²) in [5.74, 6) is 0.639. The molecule has 0 saturated heterocycles. The monoisotopic (exact) mass is 444 g/mol. The number of carboxylic acids is 1. The molecule has 4 rings (SSSR count). The van der Waals surface area contributed by atoms with Crippen molar-refractivity contribution in [2.24, 2.45) is 0 Å². The maximum atomic E-state index is 13.4. The van der Waals surface area contributed by atoms with E-state index in [4.69, 9.17) is 14.6 Å². The lowest BCUT2D eigenvalue weighted by Gasteiger charge is -2.09. The number of benzene rings is 3. The molecule has 3 aromatic carbocycles. The Bertz CT molecular complexity index is 1330. The van der Waals surface area contributed by atoms with Crippen LogP contribution in [0.4, 0.5) is 0 Å². The van der Waals surface area contributed by atoms with Gasteiger partial charge >= 0.3 is 5.97 Å². The Morgan fingerprint density at radius 3 is 2.38 bits per heavy atom. The van der Waals surface area contributed by atoms with Gasteiger partial charge in [-0.1, -0.05) is 36.4 Å². The molecule has 1 heterocycles. The van der Waals surface area contributed by atoms with Gasteiger partial charge in [-0.25, -0.2) is 4.79 Å². The summed E-state index contributed by atoms with van der Waals surface area (Å²) in [6, 6.07) is 20.1. The number of thiophene rings is 1. The average molecular weight is 445 g/mol. The van der Waals surface area contributed by atoms with Crippen LogP contribution in [0.1, 0.15) is 26.4 Å². The molecule has 0 saturated carbocycles. The average Bonchev–Trinajstić information content (AvgIpc) is 3.15. The van der Waals surface area contributed by atoms with Crippen molar-refractivity contribution in [3.05, 3.63) is 94.4 Å². The highest BCUT2D eigenvalue weighted by Gasteiger charge is 2.23. The first kappa shape index (κ1) is 21.3. The first-order valence-electron chi connectivity index (χ1n) is 9.86. The van der Waals surface area contributed by atoms with Crippen LogP contribution in [-0.2, 0) is 4.79 Å². The zero-order chi connectivity index (χ0) is 22.7. The van der Waals surface area contributed by atoms with Gasteiger partial charge in [0, 0.05) is 21.7 Å². The quantitative estimate of drug-likeness (QED) is 0.266. The molecule has 32 heavy (non-hydrogen) atoms. The number of methoxy groups -OCH3 is 1. The van der Waals surface area contributed by atoms with E-state index in [-0.39, 0.29) is 5.78 Å². The van der Waals surface area contributed by atoms with Gasteiger partial charge in [0.15, 0.2) is 5.75 Å².